The van der Waals surface area contributed by atoms with Gasteiger partial charge in [-0.1, -0.05) is 5.16 Å². The maximum absolute atomic E-state index is 11.3. The van der Waals surface area contributed by atoms with Gasteiger partial charge in [0.05, 0.1) is 12.0 Å². The molecule has 0 bridgehead atoms. The zero-order chi connectivity index (χ0) is 15.0. The summed E-state index contributed by atoms with van der Waals surface area (Å²) in [7, 11) is 0. The van der Waals surface area contributed by atoms with E-state index in [1.807, 2.05) is 0 Å². The van der Waals surface area contributed by atoms with Crippen LogP contribution in [-0.4, -0.2) is 48.7 Å². The molecule has 7 heteroatoms. The third-order valence-corrected chi connectivity index (χ3v) is 4.14. The fourth-order valence-electron chi connectivity index (χ4n) is 3.33. The predicted molar refractivity (Wildman–Crippen MR) is 70.5 cm³/mol. The molecule has 0 unspecified atom stereocenters. The summed E-state index contributed by atoms with van der Waals surface area (Å²) in [6.45, 7) is 2.71. The number of hydrogen-bond acceptors (Lipinski definition) is 7. The van der Waals surface area contributed by atoms with E-state index in [2.05, 4.69) is 5.16 Å². The predicted octanol–water partition coefficient (Wildman–Crippen LogP) is 0.803. The molecule has 1 saturated heterocycles. The van der Waals surface area contributed by atoms with Crippen LogP contribution in [0.25, 0.3) is 0 Å². The van der Waals surface area contributed by atoms with Gasteiger partial charge in [-0.3, -0.25) is 9.59 Å². The summed E-state index contributed by atoms with van der Waals surface area (Å²) in [6.07, 6.45) is 1.66. The van der Waals surface area contributed by atoms with Crippen LogP contribution in [0.5, 0.6) is 0 Å². The van der Waals surface area contributed by atoms with Gasteiger partial charge in [-0.2, -0.15) is 0 Å². The fraction of sp³-hybridized carbons (Fsp3) is 0.786. The summed E-state index contributed by atoms with van der Waals surface area (Å²) < 4.78 is 16.4. The van der Waals surface area contributed by atoms with Gasteiger partial charge in [-0.05, 0) is 19.3 Å². The largest absolute Gasteiger partial charge is 0.463 e. The molecule has 7 nitrogen and oxygen atoms in total. The highest BCUT2D eigenvalue weighted by Crippen LogP contribution is 2.40. The molecule has 0 spiro atoms. The minimum Gasteiger partial charge on any atom is -0.463 e. The number of hydrogen-bond donors (Lipinski definition) is 0. The van der Waals surface area contributed by atoms with Gasteiger partial charge in [0.1, 0.15) is 24.5 Å². The summed E-state index contributed by atoms with van der Waals surface area (Å²) in [5, 5.41) is 4.13. The SMILES string of the molecule is CC(=O)OC[C@H]1O[C@H]2CCC[C@H]3ON=C([C@@H]23)[C@H]1OC(C)=O. The zero-order valence-corrected chi connectivity index (χ0v) is 12.1. The van der Waals surface area contributed by atoms with E-state index in [9.17, 15) is 9.59 Å². The average molecular weight is 297 g/mol. The molecule has 1 aliphatic carbocycles. The van der Waals surface area contributed by atoms with Gasteiger partial charge in [-0.15, -0.1) is 0 Å². The quantitative estimate of drug-likeness (QED) is 0.717. The first-order valence-electron chi connectivity index (χ1n) is 7.26. The molecule has 0 aromatic carbocycles. The molecular formula is C14H19NO6. The van der Waals surface area contributed by atoms with Crippen LogP contribution in [0.3, 0.4) is 0 Å². The molecule has 0 amide bonds. The summed E-state index contributed by atoms with van der Waals surface area (Å²) in [4.78, 5) is 27.8. The Morgan fingerprint density at radius 3 is 2.71 bits per heavy atom. The van der Waals surface area contributed by atoms with Crippen molar-refractivity contribution in [2.75, 3.05) is 6.61 Å². The molecular weight excluding hydrogens is 278 g/mol. The molecule has 3 aliphatic rings. The molecule has 2 aliphatic heterocycles. The second-order valence-corrected chi connectivity index (χ2v) is 5.66. The second kappa shape index (κ2) is 5.63. The van der Waals surface area contributed by atoms with Crippen molar-refractivity contribution in [1.82, 2.24) is 0 Å². The van der Waals surface area contributed by atoms with Crippen LogP contribution < -0.4 is 0 Å². The molecule has 0 N–H and O–H groups in total. The van der Waals surface area contributed by atoms with Crippen molar-refractivity contribution in [1.29, 1.82) is 0 Å². The molecule has 5 atom stereocenters. The minimum absolute atomic E-state index is 0.00600. The lowest BCUT2D eigenvalue weighted by atomic mass is 9.77. The Hall–Kier alpha value is -1.63. The van der Waals surface area contributed by atoms with Crippen molar-refractivity contribution in [3.05, 3.63) is 0 Å². The van der Waals surface area contributed by atoms with Crippen LogP contribution in [0, 0.1) is 5.92 Å². The Morgan fingerprint density at radius 2 is 2.00 bits per heavy atom. The lowest BCUT2D eigenvalue weighted by Crippen LogP contribution is -2.57. The summed E-state index contributed by atoms with van der Waals surface area (Å²) in [5.41, 5.74) is 0.711. The highest BCUT2D eigenvalue weighted by atomic mass is 16.7. The topological polar surface area (TPSA) is 83.4 Å². The monoisotopic (exact) mass is 297 g/mol. The molecule has 0 radical (unpaired) electrons. The summed E-state index contributed by atoms with van der Waals surface area (Å²) in [6, 6.07) is 0. The summed E-state index contributed by atoms with van der Waals surface area (Å²) >= 11 is 0. The highest BCUT2D eigenvalue weighted by Gasteiger charge is 2.53. The Bertz CT molecular complexity index is 476. The van der Waals surface area contributed by atoms with E-state index < -0.39 is 24.1 Å². The van der Waals surface area contributed by atoms with Gasteiger partial charge in [0.15, 0.2) is 6.10 Å². The van der Waals surface area contributed by atoms with Gasteiger partial charge >= 0.3 is 11.9 Å². The van der Waals surface area contributed by atoms with Crippen LogP contribution >= 0.6 is 0 Å². The van der Waals surface area contributed by atoms with Crippen molar-refractivity contribution >= 4 is 17.7 Å². The molecule has 21 heavy (non-hydrogen) atoms. The molecule has 3 rings (SSSR count). The lowest BCUT2D eigenvalue weighted by Gasteiger charge is -2.42. The van der Waals surface area contributed by atoms with Gasteiger partial charge < -0.3 is 19.0 Å². The average Bonchev–Trinajstić information content (AvgIpc) is 2.85. The van der Waals surface area contributed by atoms with Crippen molar-refractivity contribution < 1.29 is 28.6 Å². The maximum atomic E-state index is 11.3. The van der Waals surface area contributed by atoms with Crippen LogP contribution in [0.1, 0.15) is 33.1 Å². The van der Waals surface area contributed by atoms with E-state index in [-0.39, 0.29) is 24.7 Å². The second-order valence-electron chi connectivity index (χ2n) is 5.66. The van der Waals surface area contributed by atoms with E-state index in [0.717, 1.165) is 19.3 Å². The van der Waals surface area contributed by atoms with Crippen LogP contribution in [-0.2, 0) is 28.6 Å². The van der Waals surface area contributed by atoms with E-state index >= 15 is 0 Å². The van der Waals surface area contributed by atoms with Crippen LogP contribution in [0.4, 0.5) is 0 Å². The zero-order valence-electron chi connectivity index (χ0n) is 12.1. The van der Waals surface area contributed by atoms with Gasteiger partial charge in [0.25, 0.3) is 0 Å². The number of carbonyl (C=O) groups is 2. The van der Waals surface area contributed by atoms with Crippen molar-refractivity contribution in [2.45, 2.75) is 57.5 Å². The highest BCUT2D eigenvalue weighted by molar-refractivity contribution is 5.95. The Morgan fingerprint density at radius 1 is 1.24 bits per heavy atom. The maximum Gasteiger partial charge on any atom is 0.303 e. The first kappa shape index (κ1) is 14.3. The number of esters is 2. The third kappa shape index (κ3) is 2.74. The van der Waals surface area contributed by atoms with Gasteiger partial charge in [0.2, 0.25) is 0 Å². The van der Waals surface area contributed by atoms with E-state index in [0.29, 0.717) is 5.71 Å². The normalized spacial score (nSPS) is 37.0. The number of carbonyl (C=O) groups excluding carboxylic acids is 2. The van der Waals surface area contributed by atoms with E-state index in [1.54, 1.807) is 0 Å². The third-order valence-electron chi connectivity index (χ3n) is 4.14. The molecule has 0 aromatic heterocycles. The minimum atomic E-state index is -0.647. The van der Waals surface area contributed by atoms with Crippen molar-refractivity contribution in [3.8, 4) is 0 Å². The first-order chi connectivity index (χ1) is 10.1. The Labute approximate surface area is 122 Å². The van der Waals surface area contributed by atoms with Gasteiger partial charge in [-0.25, -0.2) is 0 Å². The number of oxime groups is 1. The Kier molecular flexibility index (Phi) is 3.84. The summed E-state index contributed by atoms with van der Waals surface area (Å²) in [5.74, 6) is -0.776. The van der Waals surface area contributed by atoms with Crippen LogP contribution in [0.15, 0.2) is 5.16 Å². The van der Waals surface area contributed by atoms with Crippen molar-refractivity contribution in [3.63, 3.8) is 0 Å². The molecule has 2 heterocycles. The van der Waals surface area contributed by atoms with E-state index in [1.165, 1.54) is 13.8 Å². The fourth-order valence-corrected chi connectivity index (χ4v) is 3.33. The number of rotatable bonds is 3. The smallest absolute Gasteiger partial charge is 0.303 e. The molecule has 1 saturated carbocycles. The number of nitrogens with zero attached hydrogens (tertiary/aromatic N) is 1. The van der Waals surface area contributed by atoms with Crippen LogP contribution in [0.2, 0.25) is 0 Å². The first-order valence-corrected chi connectivity index (χ1v) is 7.26. The van der Waals surface area contributed by atoms with Gasteiger partial charge in [0, 0.05) is 13.8 Å². The Balaban J connectivity index is 1.81. The molecule has 2 fully saturated rings. The molecule has 0 aromatic rings. The van der Waals surface area contributed by atoms with Crippen molar-refractivity contribution in [2.24, 2.45) is 11.1 Å². The molecule has 116 valence electrons. The standard InChI is InChI=1S/C14H19NO6/c1-7(16)18-6-11-14(19-8(2)17)13-12-9(20-11)4-3-5-10(12)21-15-13/h9-12,14H,3-6H2,1-2H3/t9-,10+,11+,12-,14-/m0/s1. The number of ether oxygens (including phenoxy) is 3. The van der Waals surface area contributed by atoms with E-state index in [4.69, 9.17) is 19.0 Å². The lowest BCUT2D eigenvalue weighted by molar-refractivity contribution is -0.173.